The van der Waals surface area contributed by atoms with Crippen LogP contribution in [0.1, 0.15) is 26.3 Å². The molecule has 1 aromatic rings. The molecule has 0 aliphatic rings. The van der Waals surface area contributed by atoms with Gasteiger partial charge in [-0.1, -0.05) is 17.7 Å². The Morgan fingerprint density at radius 2 is 2.05 bits per heavy atom. The molecule has 0 N–H and O–H groups in total. The molecule has 0 bridgehead atoms. The van der Waals surface area contributed by atoms with Crippen molar-refractivity contribution in [3.8, 4) is 0 Å². The molecule has 19 heavy (non-hydrogen) atoms. The lowest BCUT2D eigenvalue weighted by Gasteiger charge is -2.23. The maximum Gasteiger partial charge on any atom is 0.248 e. The number of carbonyl (C=O) groups excluding carboxylic acids is 1. The summed E-state index contributed by atoms with van der Waals surface area (Å²) in [7, 11) is 1.59. The van der Waals surface area contributed by atoms with Crippen LogP contribution in [-0.4, -0.2) is 30.1 Å². The molecule has 0 fully saturated rings. The van der Waals surface area contributed by atoms with E-state index in [1.807, 2.05) is 20.8 Å². The highest BCUT2D eigenvalue weighted by Gasteiger charge is 2.17. The predicted octanol–water partition coefficient (Wildman–Crippen LogP) is 3.25. The standard InChI is InChI=1S/C14H19ClFNO2/c1-14(2,3)19-9-13(18)17(4)8-10-11(15)6-5-7-12(10)16/h5-7H,8-9H2,1-4H3. The second-order valence-electron chi connectivity index (χ2n) is 5.35. The lowest BCUT2D eigenvalue weighted by Crippen LogP contribution is -2.33. The molecule has 0 saturated heterocycles. The Kier molecular flexibility index (Phi) is 5.32. The first-order valence-corrected chi connectivity index (χ1v) is 6.39. The fourth-order valence-corrected chi connectivity index (χ4v) is 1.62. The molecule has 0 unspecified atom stereocenters. The number of rotatable bonds is 4. The van der Waals surface area contributed by atoms with Crippen molar-refractivity contribution in [1.29, 1.82) is 0 Å². The fraction of sp³-hybridized carbons (Fsp3) is 0.500. The molecule has 3 nitrogen and oxygen atoms in total. The minimum atomic E-state index is -0.413. The fourth-order valence-electron chi connectivity index (χ4n) is 1.40. The number of carbonyl (C=O) groups is 1. The summed E-state index contributed by atoms with van der Waals surface area (Å²) in [4.78, 5) is 13.3. The zero-order valence-corrected chi connectivity index (χ0v) is 12.4. The number of halogens is 2. The zero-order chi connectivity index (χ0) is 14.6. The Morgan fingerprint density at radius 3 is 2.58 bits per heavy atom. The SMILES string of the molecule is CN(Cc1c(F)cccc1Cl)C(=O)COC(C)(C)C. The van der Waals surface area contributed by atoms with E-state index in [0.29, 0.717) is 10.6 Å². The summed E-state index contributed by atoms with van der Waals surface area (Å²) in [5, 5.41) is 0.316. The summed E-state index contributed by atoms with van der Waals surface area (Å²) in [5.74, 6) is -0.627. The van der Waals surface area contributed by atoms with Gasteiger partial charge in [0.25, 0.3) is 0 Å². The van der Waals surface area contributed by atoms with Crippen molar-refractivity contribution in [3.63, 3.8) is 0 Å². The van der Waals surface area contributed by atoms with Gasteiger partial charge in [0.1, 0.15) is 12.4 Å². The van der Waals surface area contributed by atoms with E-state index in [1.54, 1.807) is 13.1 Å². The van der Waals surface area contributed by atoms with Crippen molar-refractivity contribution >= 4 is 17.5 Å². The highest BCUT2D eigenvalue weighted by atomic mass is 35.5. The van der Waals surface area contributed by atoms with E-state index in [9.17, 15) is 9.18 Å². The third kappa shape index (κ3) is 5.17. The molecule has 0 atom stereocenters. The van der Waals surface area contributed by atoms with Crippen LogP contribution >= 0.6 is 11.6 Å². The average Bonchev–Trinajstić information content (AvgIpc) is 2.29. The van der Waals surface area contributed by atoms with Gasteiger partial charge in [0, 0.05) is 24.2 Å². The van der Waals surface area contributed by atoms with Crippen molar-refractivity contribution in [2.45, 2.75) is 32.9 Å². The van der Waals surface area contributed by atoms with Gasteiger partial charge in [0.05, 0.1) is 5.60 Å². The van der Waals surface area contributed by atoms with Crippen LogP contribution in [0.15, 0.2) is 18.2 Å². The molecule has 0 aliphatic heterocycles. The quantitative estimate of drug-likeness (QED) is 0.851. The molecule has 0 saturated carbocycles. The molecule has 0 radical (unpaired) electrons. The van der Waals surface area contributed by atoms with Crippen LogP contribution in [0, 0.1) is 5.82 Å². The lowest BCUT2D eigenvalue weighted by atomic mass is 10.2. The van der Waals surface area contributed by atoms with Crippen LogP contribution < -0.4 is 0 Å². The highest BCUT2D eigenvalue weighted by Crippen LogP contribution is 2.20. The van der Waals surface area contributed by atoms with Gasteiger partial charge in [-0.25, -0.2) is 4.39 Å². The first kappa shape index (κ1) is 15.9. The van der Waals surface area contributed by atoms with Crippen molar-refractivity contribution < 1.29 is 13.9 Å². The van der Waals surface area contributed by atoms with Gasteiger partial charge in [-0.2, -0.15) is 0 Å². The van der Waals surface area contributed by atoms with Crippen LogP contribution in [0.4, 0.5) is 4.39 Å². The first-order chi connectivity index (χ1) is 8.70. The molecule has 0 spiro atoms. The van der Waals surface area contributed by atoms with Gasteiger partial charge in [0.2, 0.25) is 5.91 Å². The van der Waals surface area contributed by atoms with Gasteiger partial charge < -0.3 is 9.64 Å². The average molecular weight is 288 g/mol. The number of hydrogen-bond donors (Lipinski definition) is 0. The minimum absolute atomic E-state index is 0.0356. The molecule has 1 rings (SSSR count). The highest BCUT2D eigenvalue weighted by molar-refractivity contribution is 6.31. The molecular weight excluding hydrogens is 269 g/mol. The molecule has 1 aromatic carbocycles. The lowest BCUT2D eigenvalue weighted by molar-refractivity contribution is -0.140. The molecule has 5 heteroatoms. The van der Waals surface area contributed by atoms with Crippen molar-refractivity contribution in [1.82, 2.24) is 4.90 Å². The largest absolute Gasteiger partial charge is 0.366 e. The van der Waals surface area contributed by atoms with Gasteiger partial charge in [-0.3, -0.25) is 4.79 Å². The van der Waals surface area contributed by atoms with Crippen molar-refractivity contribution in [2.24, 2.45) is 0 Å². The predicted molar refractivity (Wildman–Crippen MR) is 73.6 cm³/mol. The van der Waals surface area contributed by atoms with Crippen molar-refractivity contribution in [2.75, 3.05) is 13.7 Å². The Morgan fingerprint density at radius 1 is 1.42 bits per heavy atom. The number of amides is 1. The molecule has 1 amide bonds. The van der Waals surface area contributed by atoms with E-state index in [4.69, 9.17) is 16.3 Å². The van der Waals surface area contributed by atoms with Crippen LogP contribution in [0.3, 0.4) is 0 Å². The van der Waals surface area contributed by atoms with E-state index in [0.717, 1.165) is 0 Å². The third-order valence-corrected chi connectivity index (χ3v) is 2.87. The van der Waals surface area contributed by atoms with Crippen LogP contribution in [-0.2, 0) is 16.1 Å². The summed E-state index contributed by atoms with van der Waals surface area (Å²) in [6.45, 7) is 5.69. The monoisotopic (exact) mass is 287 g/mol. The summed E-state index contributed by atoms with van der Waals surface area (Å²) in [5.41, 5.74) is -0.0673. The maximum atomic E-state index is 13.6. The summed E-state index contributed by atoms with van der Waals surface area (Å²) >= 11 is 5.92. The summed E-state index contributed by atoms with van der Waals surface area (Å²) < 4.78 is 19.0. The number of ether oxygens (including phenoxy) is 1. The number of nitrogens with zero attached hydrogens (tertiary/aromatic N) is 1. The van der Waals surface area contributed by atoms with E-state index < -0.39 is 5.82 Å². The van der Waals surface area contributed by atoms with Gasteiger partial charge in [-0.15, -0.1) is 0 Å². The number of benzene rings is 1. The second-order valence-corrected chi connectivity index (χ2v) is 5.76. The zero-order valence-electron chi connectivity index (χ0n) is 11.7. The Balaban J connectivity index is 2.64. The summed E-state index contributed by atoms with van der Waals surface area (Å²) in [6.07, 6.45) is 0. The second kappa shape index (κ2) is 6.35. The summed E-state index contributed by atoms with van der Waals surface area (Å²) in [6, 6.07) is 4.46. The van der Waals surface area contributed by atoms with Gasteiger partial charge in [0.15, 0.2) is 0 Å². The third-order valence-electron chi connectivity index (χ3n) is 2.51. The number of hydrogen-bond acceptors (Lipinski definition) is 2. The molecule has 0 aromatic heterocycles. The van der Waals surface area contributed by atoms with E-state index in [1.165, 1.54) is 17.0 Å². The Hall–Kier alpha value is -1.13. The van der Waals surface area contributed by atoms with Gasteiger partial charge >= 0.3 is 0 Å². The normalized spacial score (nSPS) is 11.5. The number of likely N-dealkylation sites (N-methyl/N-ethyl adjacent to an activating group) is 1. The molecular formula is C14H19ClFNO2. The smallest absolute Gasteiger partial charge is 0.248 e. The van der Waals surface area contributed by atoms with Crippen molar-refractivity contribution in [3.05, 3.63) is 34.6 Å². The minimum Gasteiger partial charge on any atom is -0.366 e. The van der Waals surface area contributed by atoms with Crippen LogP contribution in [0.2, 0.25) is 5.02 Å². The van der Waals surface area contributed by atoms with Gasteiger partial charge in [-0.05, 0) is 32.9 Å². The van der Waals surface area contributed by atoms with Crippen LogP contribution in [0.25, 0.3) is 0 Å². The Bertz CT molecular complexity index is 437. The first-order valence-electron chi connectivity index (χ1n) is 6.01. The van der Waals surface area contributed by atoms with E-state index in [2.05, 4.69) is 0 Å². The molecule has 0 heterocycles. The van der Waals surface area contributed by atoms with E-state index >= 15 is 0 Å². The van der Waals surface area contributed by atoms with Crippen LogP contribution in [0.5, 0.6) is 0 Å². The topological polar surface area (TPSA) is 29.5 Å². The Labute approximate surface area is 118 Å². The molecule has 106 valence electrons. The van der Waals surface area contributed by atoms with E-state index in [-0.39, 0.29) is 24.7 Å². The maximum absolute atomic E-state index is 13.6. The molecule has 0 aliphatic carbocycles.